The second-order valence-electron chi connectivity index (χ2n) is 5.70. The van der Waals surface area contributed by atoms with Gasteiger partial charge in [0.15, 0.2) is 0 Å². The van der Waals surface area contributed by atoms with E-state index in [-0.39, 0.29) is 11.7 Å². The second kappa shape index (κ2) is 6.75. The van der Waals surface area contributed by atoms with Gasteiger partial charge in [-0.05, 0) is 44.4 Å². The Labute approximate surface area is 107 Å². The number of aliphatic hydroxyl groups is 1. The van der Waals surface area contributed by atoms with E-state index in [1.54, 1.807) is 0 Å². The number of aliphatic hydroxyl groups excluding tert-OH is 1. The van der Waals surface area contributed by atoms with Gasteiger partial charge in [0, 0.05) is 6.61 Å². The van der Waals surface area contributed by atoms with Gasteiger partial charge in [0.05, 0.1) is 11.7 Å². The summed E-state index contributed by atoms with van der Waals surface area (Å²) < 4.78 is 6.02. The minimum Gasteiger partial charge on any atom is -0.390 e. The van der Waals surface area contributed by atoms with Crippen LogP contribution in [0.3, 0.4) is 0 Å². The molecule has 0 spiro atoms. The molecule has 1 saturated carbocycles. The number of rotatable bonds is 6. The van der Waals surface area contributed by atoms with E-state index < -0.39 is 0 Å². The summed E-state index contributed by atoms with van der Waals surface area (Å²) in [6.07, 6.45) is 6.24. The summed E-state index contributed by atoms with van der Waals surface area (Å²) >= 11 is 0. The van der Waals surface area contributed by atoms with Crippen LogP contribution in [-0.2, 0) is 4.74 Å². The van der Waals surface area contributed by atoms with Crippen molar-refractivity contribution in [1.29, 1.82) is 0 Å². The van der Waals surface area contributed by atoms with E-state index in [0.717, 1.165) is 31.6 Å². The first-order chi connectivity index (χ1) is 8.09. The summed E-state index contributed by atoms with van der Waals surface area (Å²) in [5.41, 5.74) is -0.252. The van der Waals surface area contributed by atoms with E-state index in [2.05, 4.69) is 20.8 Å². The first-order valence-electron chi connectivity index (χ1n) is 7.41. The van der Waals surface area contributed by atoms with Gasteiger partial charge in [0.1, 0.15) is 0 Å². The standard InChI is InChI=1S/C15H30O2/c1-5-13(6-2)14(16)15(17-7-3)10-8-12(4)9-11-15/h12-14,16H,5-11H2,1-4H3. The van der Waals surface area contributed by atoms with Crippen molar-refractivity contribution in [3.8, 4) is 0 Å². The molecule has 1 atom stereocenters. The van der Waals surface area contributed by atoms with Gasteiger partial charge in [-0.15, -0.1) is 0 Å². The highest BCUT2D eigenvalue weighted by atomic mass is 16.5. The van der Waals surface area contributed by atoms with Crippen LogP contribution in [-0.4, -0.2) is 23.4 Å². The first-order valence-corrected chi connectivity index (χ1v) is 7.41. The molecule has 0 aliphatic heterocycles. The molecule has 1 N–H and O–H groups in total. The van der Waals surface area contributed by atoms with Gasteiger partial charge < -0.3 is 9.84 Å². The number of hydrogen-bond donors (Lipinski definition) is 1. The van der Waals surface area contributed by atoms with Crippen LogP contribution < -0.4 is 0 Å². The summed E-state index contributed by atoms with van der Waals surface area (Å²) in [4.78, 5) is 0. The lowest BCUT2D eigenvalue weighted by atomic mass is 9.72. The van der Waals surface area contributed by atoms with Gasteiger partial charge in [0.25, 0.3) is 0 Å². The monoisotopic (exact) mass is 242 g/mol. The SMILES string of the molecule is CCOC1(C(O)C(CC)CC)CCC(C)CC1. The third-order valence-corrected chi connectivity index (χ3v) is 4.59. The van der Waals surface area contributed by atoms with Gasteiger partial charge in [0.2, 0.25) is 0 Å². The maximum absolute atomic E-state index is 10.7. The van der Waals surface area contributed by atoms with E-state index in [9.17, 15) is 5.11 Å². The highest BCUT2D eigenvalue weighted by molar-refractivity contribution is 4.95. The van der Waals surface area contributed by atoms with Gasteiger partial charge in [-0.2, -0.15) is 0 Å². The first kappa shape index (κ1) is 15.0. The molecule has 1 aliphatic rings. The lowest BCUT2D eigenvalue weighted by Gasteiger charge is -2.45. The fourth-order valence-corrected chi connectivity index (χ4v) is 3.23. The van der Waals surface area contributed by atoms with E-state index in [1.165, 1.54) is 12.8 Å². The van der Waals surface area contributed by atoms with Gasteiger partial charge in [-0.1, -0.05) is 33.6 Å². The Bertz CT molecular complexity index is 203. The summed E-state index contributed by atoms with van der Waals surface area (Å²) in [7, 11) is 0. The Morgan fingerprint density at radius 2 is 1.71 bits per heavy atom. The quantitative estimate of drug-likeness (QED) is 0.768. The molecular formula is C15H30O2. The van der Waals surface area contributed by atoms with Crippen molar-refractivity contribution in [2.75, 3.05) is 6.61 Å². The lowest BCUT2D eigenvalue weighted by Crippen LogP contribution is -2.50. The summed E-state index contributed by atoms with van der Waals surface area (Å²) in [6, 6.07) is 0. The topological polar surface area (TPSA) is 29.5 Å². The third-order valence-electron chi connectivity index (χ3n) is 4.59. The van der Waals surface area contributed by atoms with Crippen molar-refractivity contribution in [2.45, 2.75) is 77.9 Å². The molecule has 0 radical (unpaired) electrons. The maximum Gasteiger partial charge on any atom is 0.0942 e. The van der Waals surface area contributed by atoms with Gasteiger partial charge in [-0.3, -0.25) is 0 Å². The van der Waals surface area contributed by atoms with Crippen molar-refractivity contribution < 1.29 is 9.84 Å². The summed E-state index contributed by atoms with van der Waals surface area (Å²) in [5.74, 6) is 1.17. The molecule has 1 aliphatic carbocycles. The van der Waals surface area contributed by atoms with E-state index >= 15 is 0 Å². The van der Waals surface area contributed by atoms with Crippen molar-refractivity contribution in [3.63, 3.8) is 0 Å². The minimum atomic E-state index is -0.287. The lowest BCUT2D eigenvalue weighted by molar-refractivity contribution is -0.161. The van der Waals surface area contributed by atoms with Crippen LogP contribution in [0.4, 0.5) is 0 Å². The Kier molecular flexibility index (Phi) is 5.94. The maximum atomic E-state index is 10.7. The zero-order valence-electron chi connectivity index (χ0n) is 12.0. The largest absolute Gasteiger partial charge is 0.390 e. The Balaban J connectivity index is 2.76. The highest BCUT2D eigenvalue weighted by Crippen LogP contribution is 2.40. The zero-order valence-corrected chi connectivity index (χ0v) is 12.0. The molecule has 1 rings (SSSR count). The Morgan fingerprint density at radius 1 is 1.18 bits per heavy atom. The van der Waals surface area contributed by atoms with E-state index in [0.29, 0.717) is 12.5 Å². The molecule has 2 nitrogen and oxygen atoms in total. The van der Waals surface area contributed by atoms with Crippen molar-refractivity contribution >= 4 is 0 Å². The van der Waals surface area contributed by atoms with Crippen LogP contribution in [0.2, 0.25) is 0 Å². The molecule has 1 fully saturated rings. The van der Waals surface area contributed by atoms with Crippen molar-refractivity contribution in [2.24, 2.45) is 11.8 Å². The van der Waals surface area contributed by atoms with Crippen LogP contribution in [0.15, 0.2) is 0 Å². The molecule has 0 aromatic carbocycles. The highest BCUT2D eigenvalue weighted by Gasteiger charge is 2.43. The van der Waals surface area contributed by atoms with E-state index in [1.807, 2.05) is 6.92 Å². The predicted molar refractivity (Wildman–Crippen MR) is 72.1 cm³/mol. The molecule has 0 saturated heterocycles. The number of hydrogen-bond acceptors (Lipinski definition) is 2. The molecule has 0 amide bonds. The van der Waals surface area contributed by atoms with Crippen LogP contribution in [0.25, 0.3) is 0 Å². The molecule has 0 bridgehead atoms. The Hall–Kier alpha value is -0.0800. The molecule has 0 aromatic heterocycles. The van der Waals surface area contributed by atoms with Crippen LogP contribution in [0.5, 0.6) is 0 Å². The molecule has 2 heteroatoms. The number of ether oxygens (including phenoxy) is 1. The smallest absolute Gasteiger partial charge is 0.0942 e. The normalized spacial score (nSPS) is 31.8. The molecule has 1 unspecified atom stereocenters. The Morgan fingerprint density at radius 3 is 2.12 bits per heavy atom. The predicted octanol–water partition coefficient (Wildman–Crippen LogP) is 3.77. The molecule has 102 valence electrons. The minimum absolute atomic E-state index is 0.252. The van der Waals surface area contributed by atoms with Crippen molar-refractivity contribution in [3.05, 3.63) is 0 Å². The summed E-state index contributed by atoms with van der Waals surface area (Å²) in [5, 5.41) is 10.7. The molecule has 17 heavy (non-hydrogen) atoms. The zero-order chi connectivity index (χ0) is 12.9. The van der Waals surface area contributed by atoms with Gasteiger partial charge in [-0.25, -0.2) is 0 Å². The second-order valence-corrected chi connectivity index (χ2v) is 5.70. The van der Waals surface area contributed by atoms with Crippen LogP contribution in [0, 0.1) is 11.8 Å². The van der Waals surface area contributed by atoms with Crippen molar-refractivity contribution in [1.82, 2.24) is 0 Å². The average Bonchev–Trinajstić information content (AvgIpc) is 2.34. The third kappa shape index (κ3) is 3.45. The summed E-state index contributed by atoms with van der Waals surface area (Å²) in [6.45, 7) is 9.40. The van der Waals surface area contributed by atoms with Gasteiger partial charge >= 0.3 is 0 Å². The fraction of sp³-hybridized carbons (Fsp3) is 1.00. The molecule has 0 heterocycles. The van der Waals surface area contributed by atoms with Crippen LogP contribution in [0.1, 0.15) is 66.2 Å². The van der Waals surface area contributed by atoms with E-state index in [4.69, 9.17) is 4.74 Å². The average molecular weight is 242 g/mol. The molecular weight excluding hydrogens is 212 g/mol. The fourth-order valence-electron chi connectivity index (χ4n) is 3.23. The molecule has 0 aromatic rings. The van der Waals surface area contributed by atoms with Crippen LogP contribution >= 0.6 is 0 Å².